The number of rotatable bonds is 4. The van der Waals surface area contributed by atoms with Crippen molar-refractivity contribution in [2.24, 2.45) is 5.14 Å². The van der Waals surface area contributed by atoms with Gasteiger partial charge in [-0.05, 0) is 50.1 Å². The molecular formula is C18H22N2O3S. The second kappa shape index (κ2) is 6.75. The van der Waals surface area contributed by atoms with Crippen LogP contribution in [0.1, 0.15) is 40.0 Å². The molecule has 1 unspecified atom stereocenters. The van der Waals surface area contributed by atoms with Crippen molar-refractivity contribution in [3.05, 3.63) is 64.7 Å². The van der Waals surface area contributed by atoms with E-state index in [1.165, 1.54) is 12.1 Å². The monoisotopic (exact) mass is 346 g/mol. The maximum atomic E-state index is 12.8. The molecule has 0 heterocycles. The maximum absolute atomic E-state index is 12.8. The average Bonchev–Trinajstić information content (AvgIpc) is 2.54. The topological polar surface area (TPSA) is 80.5 Å². The molecule has 0 aliphatic carbocycles. The molecule has 0 saturated carbocycles. The molecule has 2 aromatic rings. The Balaban J connectivity index is 2.27. The fourth-order valence-electron chi connectivity index (χ4n) is 2.49. The zero-order valence-electron chi connectivity index (χ0n) is 14.3. The highest BCUT2D eigenvalue weighted by atomic mass is 32.2. The molecule has 0 radical (unpaired) electrons. The third-order valence-corrected chi connectivity index (χ3v) is 5.15. The number of benzene rings is 2. The third kappa shape index (κ3) is 3.83. The lowest BCUT2D eigenvalue weighted by molar-refractivity contribution is 0.0741. The fourth-order valence-corrected chi connectivity index (χ4v) is 3.01. The lowest BCUT2D eigenvalue weighted by Crippen LogP contribution is -2.30. The Morgan fingerprint density at radius 2 is 1.67 bits per heavy atom. The Morgan fingerprint density at radius 3 is 2.21 bits per heavy atom. The van der Waals surface area contributed by atoms with Gasteiger partial charge in [0.2, 0.25) is 10.0 Å². The number of carbonyl (C=O) groups excluding carboxylic acids is 1. The molecule has 0 fully saturated rings. The number of aryl methyl sites for hydroxylation is 2. The van der Waals surface area contributed by atoms with E-state index in [-0.39, 0.29) is 16.8 Å². The normalized spacial score (nSPS) is 12.7. The van der Waals surface area contributed by atoms with E-state index in [4.69, 9.17) is 5.14 Å². The highest BCUT2D eigenvalue weighted by Crippen LogP contribution is 2.23. The van der Waals surface area contributed by atoms with Crippen LogP contribution in [0.4, 0.5) is 0 Å². The van der Waals surface area contributed by atoms with E-state index >= 15 is 0 Å². The van der Waals surface area contributed by atoms with Gasteiger partial charge in [-0.3, -0.25) is 4.79 Å². The highest BCUT2D eigenvalue weighted by molar-refractivity contribution is 7.89. The Morgan fingerprint density at radius 1 is 1.08 bits per heavy atom. The van der Waals surface area contributed by atoms with Crippen LogP contribution >= 0.6 is 0 Å². The van der Waals surface area contributed by atoms with Gasteiger partial charge in [0.15, 0.2) is 0 Å². The van der Waals surface area contributed by atoms with Crippen molar-refractivity contribution in [2.45, 2.75) is 31.7 Å². The summed E-state index contributed by atoms with van der Waals surface area (Å²) in [6.45, 7) is 5.76. The molecule has 6 heteroatoms. The Kier molecular flexibility index (Phi) is 5.11. The molecule has 1 amide bonds. The second-order valence-corrected chi connectivity index (χ2v) is 7.59. The van der Waals surface area contributed by atoms with Crippen molar-refractivity contribution in [3.63, 3.8) is 0 Å². The first kappa shape index (κ1) is 18.2. The van der Waals surface area contributed by atoms with Gasteiger partial charge >= 0.3 is 0 Å². The first-order chi connectivity index (χ1) is 11.1. The third-order valence-electron chi connectivity index (χ3n) is 4.22. The summed E-state index contributed by atoms with van der Waals surface area (Å²) in [5.41, 5.74) is 3.46. The zero-order chi connectivity index (χ0) is 18.1. The van der Waals surface area contributed by atoms with E-state index in [1.54, 1.807) is 24.1 Å². The number of nitrogens with two attached hydrogens (primary N) is 1. The van der Waals surface area contributed by atoms with Gasteiger partial charge in [0, 0.05) is 12.6 Å². The summed E-state index contributed by atoms with van der Waals surface area (Å²) in [4.78, 5) is 14.5. The minimum atomic E-state index is -3.72. The van der Waals surface area contributed by atoms with Crippen LogP contribution in [0.2, 0.25) is 0 Å². The second-order valence-electron chi connectivity index (χ2n) is 6.02. The fraction of sp³-hybridized carbons (Fsp3) is 0.278. The van der Waals surface area contributed by atoms with Gasteiger partial charge in [-0.2, -0.15) is 0 Å². The quantitative estimate of drug-likeness (QED) is 0.924. The van der Waals surface area contributed by atoms with E-state index in [1.807, 2.05) is 39.0 Å². The van der Waals surface area contributed by atoms with Crippen LogP contribution in [-0.2, 0) is 10.0 Å². The number of amides is 1. The molecule has 0 saturated heterocycles. The van der Waals surface area contributed by atoms with Gasteiger partial charge in [0.25, 0.3) is 5.91 Å². The van der Waals surface area contributed by atoms with Crippen molar-refractivity contribution < 1.29 is 13.2 Å². The molecule has 2 rings (SSSR count). The number of primary sulfonamides is 1. The molecule has 128 valence electrons. The summed E-state index contributed by atoms with van der Waals surface area (Å²) >= 11 is 0. The Labute approximate surface area is 143 Å². The van der Waals surface area contributed by atoms with Gasteiger partial charge in [-0.15, -0.1) is 0 Å². The summed E-state index contributed by atoms with van der Waals surface area (Å²) in [7, 11) is -1.98. The standard InChI is InChI=1S/C18H22N2O3S/c1-12-5-6-13(2)17(11-12)18(21)20(4)14(3)15-7-9-16(10-8-15)24(19,22)23/h5-11,14H,1-4H3,(H2,19,22,23). The van der Waals surface area contributed by atoms with Crippen LogP contribution in [0.25, 0.3) is 0 Å². The SMILES string of the molecule is Cc1ccc(C)c(C(=O)N(C)C(C)c2ccc(S(N)(=O)=O)cc2)c1. The number of hydrogen-bond acceptors (Lipinski definition) is 3. The molecule has 0 aliphatic rings. The number of nitrogens with zero attached hydrogens (tertiary/aromatic N) is 1. The van der Waals surface area contributed by atoms with Crippen LogP contribution < -0.4 is 5.14 Å². The number of carbonyl (C=O) groups is 1. The van der Waals surface area contributed by atoms with E-state index in [0.29, 0.717) is 5.56 Å². The summed E-state index contributed by atoms with van der Waals surface area (Å²) < 4.78 is 22.6. The molecule has 0 aromatic heterocycles. The van der Waals surface area contributed by atoms with Gasteiger partial charge in [0.1, 0.15) is 0 Å². The first-order valence-electron chi connectivity index (χ1n) is 7.58. The molecule has 2 aromatic carbocycles. The Hall–Kier alpha value is -2.18. The minimum Gasteiger partial charge on any atom is -0.335 e. The maximum Gasteiger partial charge on any atom is 0.254 e. The van der Waals surface area contributed by atoms with Crippen LogP contribution in [0.15, 0.2) is 47.4 Å². The molecule has 1 atom stereocenters. The van der Waals surface area contributed by atoms with Crippen LogP contribution in [-0.4, -0.2) is 26.3 Å². The zero-order valence-corrected chi connectivity index (χ0v) is 15.1. The van der Waals surface area contributed by atoms with Gasteiger partial charge in [0.05, 0.1) is 10.9 Å². The summed E-state index contributed by atoms with van der Waals surface area (Å²) in [5.74, 6) is -0.0702. The minimum absolute atomic E-state index is 0.0574. The predicted molar refractivity (Wildman–Crippen MR) is 94.2 cm³/mol. The van der Waals surface area contributed by atoms with Crippen LogP contribution in [0.5, 0.6) is 0 Å². The highest BCUT2D eigenvalue weighted by Gasteiger charge is 2.21. The van der Waals surface area contributed by atoms with Crippen molar-refractivity contribution in [1.29, 1.82) is 0 Å². The van der Waals surface area contributed by atoms with E-state index in [2.05, 4.69) is 0 Å². The van der Waals surface area contributed by atoms with Crippen LogP contribution in [0.3, 0.4) is 0 Å². The van der Waals surface area contributed by atoms with Crippen molar-refractivity contribution in [3.8, 4) is 0 Å². The van der Waals surface area contributed by atoms with E-state index < -0.39 is 10.0 Å². The average molecular weight is 346 g/mol. The van der Waals surface area contributed by atoms with Gasteiger partial charge in [-0.1, -0.05) is 29.8 Å². The molecule has 2 N–H and O–H groups in total. The van der Waals surface area contributed by atoms with E-state index in [0.717, 1.165) is 16.7 Å². The Bertz CT molecular complexity index is 858. The van der Waals surface area contributed by atoms with Crippen molar-refractivity contribution in [2.75, 3.05) is 7.05 Å². The number of hydrogen-bond donors (Lipinski definition) is 1. The largest absolute Gasteiger partial charge is 0.335 e. The smallest absolute Gasteiger partial charge is 0.254 e. The first-order valence-corrected chi connectivity index (χ1v) is 9.13. The number of sulfonamides is 1. The molecule has 0 spiro atoms. The van der Waals surface area contributed by atoms with Gasteiger partial charge in [-0.25, -0.2) is 13.6 Å². The van der Waals surface area contributed by atoms with Crippen molar-refractivity contribution in [1.82, 2.24) is 4.90 Å². The molecule has 0 aliphatic heterocycles. The van der Waals surface area contributed by atoms with Crippen LogP contribution in [0, 0.1) is 13.8 Å². The van der Waals surface area contributed by atoms with Gasteiger partial charge < -0.3 is 4.90 Å². The molecular weight excluding hydrogens is 324 g/mol. The summed E-state index contributed by atoms with van der Waals surface area (Å²) in [6.07, 6.45) is 0. The van der Waals surface area contributed by atoms with E-state index in [9.17, 15) is 13.2 Å². The lowest BCUT2D eigenvalue weighted by Gasteiger charge is -2.26. The lowest BCUT2D eigenvalue weighted by atomic mass is 10.0. The molecule has 24 heavy (non-hydrogen) atoms. The predicted octanol–water partition coefficient (Wildman–Crippen LogP) is 2.78. The summed E-state index contributed by atoms with van der Waals surface area (Å²) in [6, 6.07) is 11.9. The summed E-state index contributed by atoms with van der Waals surface area (Å²) in [5, 5.41) is 5.11. The van der Waals surface area contributed by atoms with Crippen molar-refractivity contribution >= 4 is 15.9 Å². The molecule has 0 bridgehead atoms. The molecule has 5 nitrogen and oxygen atoms in total.